The first-order valence-electron chi connectivity index (χ1n) is 5.25. The Kier molecular flexibility index (Phi) is 3.34. The molecule has 0 fully saturated rings. The highest BCUT2D eigenvalue weighted by atomic mass is 35.5. The van der Waals surface area contributed by atoms with Crippen LogP contribution in [0.5, 0.6) is 0 Å². The fourth-order valence-corrected chi connectivity index (χ4v) is 1.74. The third kappa shape index (κ3) is 2.09. The van der Waals surface area contributed by atoms with E-state index in [4.69, 9.17) is 22.1 Å². The molecule has 4 nitrogen and oxygen atoms in total. The molecule has 0 aliphatic rings. The van der Waals surface area contributed by atoms with Gasteiger partial charge < -0.3 is 10.5 Å². The van der Waals surface area contributed by atoms with Gasteiger partial charge in [0.05, 0.1) is 22.8 Å². The molecule has 2 rings (SSSR count). The van der Waals surface area contributed by atoms with Gasteiger partial charge in [-0.2, -0.15) is 0 Å². The maximum Gasteiger partial charge on any atom is 0.341 e. The van der Waals surface area contributed by atoms with Gasteiger partial charge in [-0.25, -0.2) is 9.18 Å². The molecule has 18 heavy (non-hydrogen) atoms. The smallest absolute Gasteiger partial charge is 0.341 e. The van der Waals surface area contributed by atoms with Crippen LogP contribution in [0.3, 0.4) is 0 Å². The number of hydrogen-bond acceptors (Lipinski definition) is 4. The molecular formula is C12H10ClFN2O2. The van der Waals surface area contributed by atoms with Crippen molar-refractivity contribution in [1.29, 1.82) is 0 Å². The number of esters is 1. The van der Waals surface area contributed by atoms with Crippen molar-refractivity contribution < 1.29 is 13.9 Å². The number of nitrogen functional groups attached to an aromatic ring is 1. The number of nitrogens with two attached hydrogens (primary N) is 1. The number of carbonyl (C=O) groups excluding carboxylic acids is 1. The predicted molar refractivity (Wildman–Crippen MR) is 67.1 cm³/mol. The molecule has 0 atom stereocenters. The Morgan fingerprint density at radius 1 is 1.56 bits per heavy atom. The van der Waals surface area contributed by atoms with Gasteiger partial charge in [0.1, 0.15) is 11.4 Å². The molecule has 0 aliphatic carbocycles. The average molecular weight is 269 g/mol. The minimum Gasteiger partial charge on any atom is -0.462 e. The van der Waals surface area contributed by atoms with Crippen molar-refractivity contribution in [2.24, 2.45) is 0 Å². The number of ether oxygens (including phenoxy) is 1. The Labute approximate surface area is 108 Å². The zero-order valence-electron chi connectivity index (χ0n) is 9.54. The lowest BCUT2D eigenvalue weighted by atomic mass is 10.1. The monoisotopic (exact) mass is 268 g/mol. The fourth-order valence-electron chi connectivity index (χ4n) is 1.58. The molecule has 2 aromatic rings. The third-order valence-corrected chi connectivity index (χ3v) is 2.74. The zero-order valence-corrected chi connectivity index (χ0v) is 10.3. The van der Waals surface area contributed by atoms with E-state index in [0.29, 0.717) is 10.9 Å². The second kappa shape index (κ2) is 4.78. The number of fused-ring (bicyclic) bond motifs is 1. The molecule has 0 radical (unpaired) electrons. The molecular weight excluding hydrogens is 259 g/mol. The Bertz CT molecular complexity index is 631. The SMILES string of the molecule is CCOC(=O)c1cnc2cc(F)c(Cl)cc2c1N. The predicted octanol–water partition coefficient (Wildman–Crippen LogP) is 2.79. The summed E-state index contributed by atoms with van der Waals surface area (Å²) in [5.74, 6) is -1.15. The van der Waals surface area contributed by atoms with Gasteiger partial charge in [-0.3, -0.25) is 4.98 Å². The minimum absolute atomic E-state index is 0.0722. The van der Waals surface area contributed by atoms with E-state index < -0.39 is 11.8 Å². The first kappa shape index (κ1) is 12.6. The van der Waals surface area contributed by atoms with E-state index in [0.717, 1.165) is 0 Å². The number of nitrogens with zero attached hydrogens (tertiary/aromatic N) is 1. The summed E-state index contributed by atoms with van der Waals surface area (Å²) in [7, 11) is 0. The van der Waals surface area contributed by atoms with Crippen molar-refractivity contribution in [2.75, 3.05) is 12.3 Å². The third-order valence-electron chi connectivity index (χ3n) is 2.45. The summed E-state index contributed by atoms with van der Waals surface area (Å²) >= 11 is 5.68. The lowest BCUT2D eigenvalue weighted by Crippen LogP contribution is -2.09. The number of benzene rings is 1. The summed E-state index contributed by atoms with van der Waals surface area (Å²) in [4.78, 5) is 15.6. The number of anilines is 1. The van der Waals surface area contributed by atoms with Gasteiger partial charge in [-0.15, -0.1) is 0 Å². The van der Waals surface area contributed by atoms with Crippen molar-refractivity contribution in [3.05, 3.63) is 34.7 Å². The average Bonchev–Trinajstić information content (AvgIpc) is 2.32. The van der Waals surface area contributed by atoms with Crippen LogP contribution in [0.15, 0.2) is 18.3 Å². The molecule has 0 spiro atoms. The second-order valence-electron chi connectivity index (χ2n) is 3.59. The quantitative estimate of drug-likeness (QED) is 0.851. The van der Waals surface area contributed by atoms with E-state index >= 15 is 0 Å². The fraction of sp³-hybridized carbons (Fsp3) is 0.167. The molecule has 1 heterocycles. The van der Waals surface area contributed by atoms with Crippen LogP contribution in [0.25, 0.3) is 10.9 Å². The molecule has 1 aromatic heterocycles. The molecule has 0 saturated carbocycles. The zero-order chi connectivity index (χ0) is 13.3. The van der Waals surface area contributed by atoms with E-state index in [1.54, 1.807) is 6.92 Å². The van der Waals surface area contributed by atoms with Gasteiger partial charge in [-0.1, -0.05) is 11.6 Å². The van der Waals surface area contributed by atoms with Crippen LogP contribution in [-0.2, 0) is 4.74 Å². The first-order chi connectivity index (χ1) is 8.54. The number of rotatable bonds is 2. The van der Waals surface area contributed by atoms with Crippen molar-refractivity contribution in [2.45, 2.75) is 6.92 Å². The van der Waals surface area contributed by atoms with Crippen LogP contribution in [0, 0.1) is 5.82 Å². The van der Waals surface area contributed by atoms with E-state index in [9.17, 15) is 9.18 Å². The largest absolute Gasteiger partial charge is 0.462 e. The summed E-state index contributed by atoms with van der Waals surface area (Å²) in [6.07, 6.45) is 1.27. The first-order valence-corrected chi connectivity index (χ1v) is 5.62. The summed E-state index contributed by atoms with van der Waals surface area (Å²) in [6.45, 7) is 1.93. The molecule has 0 bridgehead atoms. The molecule has 1 aromatic carbocycles. The van der Waals surface area contributed by atoms with E-state index in [1.165, 1.54) is 18.3 Å². The Hall–Kier alpha value is -1.88. The van der Waals surface area contributed by atoms with Crippen LogP contribution in [0.1, 0.15) is 17.3 Å². The topological polar surface area (TPSA) is 65.2 Å². The summed E-state index contributed by atoms with van der Waals surface area (Å²) in [5.41, 5.74) is 6.51. The summed E-state index contributed by atoms with van der Waals surface area (Å²) < 4.78 is 18.1. The van der Waals surface area contributed by atoms with Gasteiger partial charge in [-0.05, 0) is 13.0 Å². The van der Waals surface area contributed by atoms with Gasteiger partial charge in [0, 0.05) is 17.6 Å². The maximum atomic E-state index is 13.3. The van der Waals surface area contributed by atoms with Crippen molar-refractivity contribution in [1.82, 2.24) is 4.98 Å². The van der Waals surface area contributed by atoms with Crippen LogP contribution < -0.4 is 5.73 Å². The van der Waals surface area contributed by atoms with E-state index in [1.807, 2.05) is 0 Å². The lowest BCUT2D eigenvalue weighted by Gasteiger charge is -2.08. The van der Waals surface area contributed by atoms with Crippen molar-refractivity contribution in [3.63, 3.8) is 0 Å². The van der Waals surface area contributed by atoms with Crippen LogP contribution in [0.4, 0.5) is 10.1 Å². The van der Waals surface area contributed by atoms with Crippen LogP contribution >= 0.6 is 11.6 Å². The Morgan fingerprint density at radius 2 is 2.28 bits per heavy atom. The lowest BCUT2D eigenvalue weighted by molar-refractivity contribution is 0.0527. The minimum atomic E-state index is -0.583. The normalized spacial score (nSPS) is 10.6. The number of aromatic nitrogens is 1. The molecule has 0 aliphatic heterocycles. The highest BCUT2D eigenvalue weighted by Crippen LogP contribution is 2.28. The van der Waals surface area contributed by atoms with E-state index in [2.05, 4.69) is 4.98 Å². The maximum absolute atomic E-state index is 13.3. The Balaban J connectivity index is 2.63. The van der Waals surface area contributed by atoms with Crippen LogP contribution in [-0.4, -0.2) is 17.6 Å². The molecule has 0 amide bonds. The highest BCUT2D eigenvalue weighted by Gasteiger charge is 2.15. The number of hydrogen-bond donors (Lipinski definition) is 1. The molecule has 0 unspecified atom stereocenters. The standard InChI is InChI=1S/C12H10ClFN2O2/c1-2-18-12(17)7-5-16-10-4-9(14)8(13)3-6(10)11(7)15/h3-5H,2H2,1H3,(H2,15,16). The molecule has 0 saturated heterocycles. The highest BCUT2D eigenvalue weighted by molar-refractivity contribution is 6.31. The number of pyridine rings is 1. The summed E-state index contributed by atoms with van der Waals surface area (Å²) in [5, 5.41) is 0.351. The number of halogens is 2. The van der Waals surface area contributed by atoms with Crippen LogP contribution in [0.2, 0.25) is 5.02 Å². The second-order valence-corrected chi connectivity index (χ2v) is 4.00. The summed E-state index contributed by atoms with van der Waals surface area (Å²) in [6, 6.07) is 2.51. The van der Waals surface area contributed by atoms with Gasteiger partial charge in [0.2, 0.25) is 0 Å². The van der Waals surface area contributed by atoms with Crippen molar-refractivity contribution in [3.8, 4) is 0 Å². The van der Waals surface area contributed by atoms with Crippen molar-refractivity contribution >= 4 is 34.2 Å². The molecule has 2 N–H and O–H groups in total. The number of carbonyl (C=O) groups is 1. The van der Waals surface area contributed by atoms with Gasteiger partial charge in [0.15, 0.2) is 0 Å². The van der Waals surface area contributed by atoms with Gasteiger partial charge in [0.25, 0.3) is 0 Å². The molecule has 6 heteroatoms. The molecule has 94 valence electrons. The Morgan fingerprint density at radius 3 is 2.94 bits per heavy atom. The van der Waals surface area contributed by atoms with Gasteiger partial charge >= 0.3 is 5.97 Å². The van der Waals surface area contributed by atoms with E-state index in [-0.39, 0.29) is 22.9 Å².